The molecule has 1 amide bonds. The molecule has 2 aromatic carbocycles. The predicted octanol–water partition coefficient (Wildman–Crippen LogP) is 4.10. The quantitative estimate of drug-likeness (QED) is 0.437. The molecule has 5 aromatic rings. The molecule has 0 unspecified atom stereocenters. The van der Waals surface area contributed by atoms with E-state index in [1.807, 2.05) is 23.5 Å². The highest BCUT2D eigenvalue weighted by Gasteiger charge is 2.26. The zero-order valence-electron chi connectivity index (χ0n) is 17.4. The summed E-state index contributed by atoms with van der Waals surface area (Å²) in [6.07, 6.45) is 7.22. The van der Waals surface area contributed by atoms with Gasteiger partial charge in [-0.25, -0.2) is 9.97 Å². The van der Waals surface area contributed by atoms with Gasteiger partial charge in [0.05, 0.1) is 18.2 Å². The van der Waals surface area contributed by atoms with Crippen LogP contribution in [0, 0.1) is 0 Å². The molecule has 1 saturated heterocycles. The maximum Gasteiger partial charge on any atom is 0.289 e. The van der Waals surface area contributed by atoms with Crippen LogP contribution in [0.2, 0.25) is 0 Å². The van der Waals surface area contributed by atoms with E-state index < -0.39 is 0 Å². The van der Waals surface area contributed by atoms with Crippen molar-refractivity contribution in [3.05, 3.63) is 85.2 Å². The van der Waals surface area contributed by atoms with E-state index in [0.717, 1.165) is 22.7 Å². The highest BCUT2D eigenvalue weighted by atomic mass is 16.3. The second kappa shape index (κ2) is 7.53. The van der Waals surface area contributed by atoms with E-state index in [2.05, 4.69) is 56.7 Å². The van der Waals surface area contributed by atoms with Crippen LogP contribution < -0.4 is 4.90 Å². The third kappa shape index (κ3) is 3.01. The minimum atomic E-state index is -0.0696. The van der Waals surface area contributed by atoms with Gasteiger partial charge in [0, 0.05) is 44.1 Å². The Morgan fingerprint density at radius 2 is 1.75 bits per heavy atom. The van der Waals surface area contributed by atoms with Gasteiger partial charge in [0.15, 0.2) is 17.2 Å². The summed E-state index contributed by atoms with van der Waals surface area (Å²) >= 11 is 0. The van der Waals surface area contributed by atoms with E-state index in [1.165, 1.54) is 17.0 Å². The fourth-order valence-corrected chi connectivity index (χ4v) is 4.45. The molecule has 7 heteroatoms. The smallest absolute Gasteiger partial charge is 0.289 e. The Bertz CT molecular complexity index is 1410. The first-order valence-electron chi connectivity index (χ1n) is 10.7. The summed E-state index contributed by atoms with van der Waals surface area (Å²) in [5.41, 5.74) is 3.00. The van der Waals surface area contributed by atoms with Crippen molar-refractivity contribution >= 4 is 28.1 Å². The zero-order valence-corrected chi connectivity index (χ0v) is 17.4. The normalized spacial score (nSPS) is 14.4. The highest BCUT2D eigenvalue weighted by molar-refractivity contribution is 5.96. The van der Waals surface area contributed by atoms with Crippen molar-refractivity contribution in [1.29, 1.82) is 0 Å². The molecule has 0 spiro atoms. The summed E-state index contributed by atoms with van der Waals surface area (Å²) in [6.45, 7) is 2.60. The Balaban J connectivity index is 1.31. The van der Waals surface area contributed by atoms with E-state index in [-0.39, 0.29) is 5.91 Å². The molecule has 0 bridgehead atoms. The highest BCUT2D eigenvalue weighted by Crippen LogP contribution is 2.31. The van der Waals surface area contributed by atoms with Crippen LogP contribution in [0.1, 0.15) is 10.6 Å². The van der Waals surface area contributed by atoms with Gasteiger partial charge < -0.3 is 14.2 Å². The fourth-order valence-electron chi connectivity index (χ4n) is 4.45. The van der Waals surface area contributed by atoms with Gasteiger partial charge in [-0.15, -0.1) is 0 Å². The lowest BCUT2D eigenvalue weighted by atomic mass is 10.0. The first-order valence-corrected chi connectivity index (χ1v) is 10.7. The molecule has 1 fully saturated rings. The topological polar surface area (TPSA) is 66.9 Å². The number of fused-ring (bicyclic) bond motifs is 2. The van der Waals surface area contributed by atoms with Crippen LogP contribution in [0.5, 0.6) is 0 Å². The SMILES string of the molecule is O=C(c1ccco1)N1CCN(c2nccn3c(-c4cccc5ccccc45)cnc23)CC1. The molecule has 0 aliphatic carbocycles. The maximum atomic E-state index is 12.6. The summed E-state index contributed by atoms with van der Waals surface area (Å²) < 4.78 is 7.36. The molecule has 0 radical (unpaired) electrons. The third-order valence-electron chi connectivity index (χ3n) is 6.07. The molecule has 4 heterocycles. The van der Waals surface area contributed by atoms with Gasteiger partial charge in [-0.05, 0) is 22.9 Å². The Kier molecular flexibility index (Phi) is 4.38. The number of amides is 1. The first kappa shape index (κ1) is 18.6. The Morgan fingerprint density at radius 1 is 0.906 bits per heavy atom. The van der Waals surface area contributed by atoms with Crippen LogP contribution in [0.15, 0.2) is 83.9 Å². The van der Waals surface area contributed by atoms with E-state index in [0.29, 0.717) is 31.9 Å². The van der Waals surface area contributed by atoms with Crippen molar-refractivity contribution in [1.82, 2.24) is 19.3 Å². The number of anilines is 1. The fraction of sp³-hybridized carbons (Fsp3) is 0.160. The third-order valence-corrected chi connectivity index (χ3v) is 6.07. The molecular formula is C25H21N5O2. The van der Waals surface area contributed by atoms with Crippen molar-refractivity contribution in [3.63, 3.8) is 0 Å². The summed E-state index contributed by atoms with van der Waals surface area (Å²) in [5, 5.41) is 2.40. The van der Waals surface area contributed by atoms with Crippen molar-refractivity contribution in [2.75, 3.05) is 31.1 Å². The van der Waals surface area contributed by atoms with Crippen molar-refractivity contribution in [2.24, 2.45) is 0 Å². The molecule has 32 heavy (non-hydrogen) atoms. The second-order valence-corrected chi connectivity index (χ2v) is 7.87. The number of furan rings is 1. The lowest BCUT2D eigenvalue weighted by molar-refractivity contribution is 0.0714. The van der Waals surface area contributed by atoms with Crippen LogP contribution in [0.4, 0.5) is 5.82 Å². The average molecular weight is 423 g/mol. The van der Waals surface area contributed by atoms with Gasteiger partial charge in [0.25, 0.3) is 5.91 Å². The largest absolute Gasteiger partial charge is 0.459 e. The molecule has 0 saturated carbocycles. The summed E-state index contributed by atoms with van der Waals surface area (Å²) in [6, 6.07) is 18.2. The van der Waals surface area contributed by atoms with E-state index >= 15 is 0 Å². The molecule has 1 aliphatic rings. The van der Waals surface area contributed by atoms with E-state index in [4.69, 9.17) is 9.40 Å². The van der Waals surface area contributed by atoms with Crippen LogP contribution in [0.3, 0.4) is 0 Å². The minimum Gasteiger partial charge on any atom is -0.459 e. The molecule has 7 nitrogen and oxygen atoms in total. The van der Waals surface area contributed by atoms with Crippen LogP contribution >= 0.6 is 0 Å². The minimum absolute atomic E-state index is 0.0696. The standard InChI is InChI=1S/C25H21N5O2/c31-25(22-9-4-16-32-22)29-14-12-28(13-15-29)23-24-27-17-21(30(24)11-10-26-23)20-8-3-6-18-5-1-2-7-19(18)20/h1-11,16-17H,12-15H2. The molecule has 0 atom stereocenters. The number of carbonyl (C=O) groups excluding carboxylic acids is 1. The number of nitrogens with zero attached hydrogens (tertiary/aromatic N) is 5. The number of hydrogen-bond donors (Lipinski definition) is 0. The number of hydrogen-bond acceptors (Lipinski definition) is 5. The van der Waals surface area contributed by atoms with Gasteiger partial charge in [-0.1, -0.05) is 42.5 Å². The number of imidazole rings is 1. The van der Waals surface area contributed by atoms with Crippen LogP contribution in [-0.2, 0) is 0 Å². The number of carbonyl (C=O) groups is 1. The Labute approximate surface area is 184 Å². The first-order chi connectivity index (χ1) is 15.8. The summed E-state index contributed by atoms with van der Waals surface area (Å²) in [5.74, 6) is 1.15. The van der Waals surface area contributed by atoms with Crippen LogP contribution in [-0.4, -0.2) is 51.4 Å². The molecule has 3 aromatic heterocycles. The number of benzene rings is 2. The Morgan fingerprint density at radius 3 is 2.59 bits per heavy atom. The lowest BCUT2D eigenvalue weighted by Crippen LogP contribution is -2.49. The van der Waals surface area contributed by atoms with Gasteiger partial charge in [0.2, 0.25) is 0 Å². The van der Waals surface area contributed by atoms with Crippen LogP contribution in [0.25, 0.3) is 27.7 Å². The van der Waals surface area contributed by atoms with Gasteiger partial charge in [0.1, 0.15) is 0 Å². The number of rotatable bonds is 3. The van der Waals surface area contributed by atoms with Gasteiger partial charge in [-0.3, -0.25) is 9.20 Å². The maximum absolute atomic E-state index is 12.6. The van der Waals surface area contributed by atoms with Crippen molar-refractivity contribution in [2.45, 2.75) is 0 Å². The average Bonchev–Trinajstić information content (AvgIpc) is 3.54. The van der Waals surface area contributed by atoms with Gasteiger partial charge in [-0.2, -0.15) is 0 Å². The van der Waals surface area contributed by atoms with E-state index in [9.17, 15) is 4.79 Å². The number of aromatic nitrogens is 3. The molecular weight excluding hydrogens is 402 g/mol. The molecule has 1 aliphatic heterocycles. The second-order valence-electron chi connectivity index (χ2n) is 7.87. The predicted molar refractivity (Wildman–Crippen MR) is 123 cm³/mol. The van der Waals surface area contributed by atoms with Gasteiger partial charge >= 0.3 is 0 Å². The Hall–Kier alpha value is -4.13. The van der Waals surface area contributed by atoms with Crippen molar-refractivity contribution in [3.8, 4) is 11.3 Å². The molecule has 158 valence electrons. The summed E-state index contributed by atoms with van der Waals surface area (Å²) in [7, 11) is 0. The molecule has 6 rings (SSSR count). The zero-order chi connectivity index (χ0) is 21.5. The van der Waals surface area contributed by atoms with E-state index in [1.54, 1.807) is 12.1 Å². The van der Waals surface area contributed by atoms with Crippen molar-refractivity contribution < 1.29 is 9.21 Å². The summed E-state index contributed by atoms with van der Waals surface area (Å²) in [4.78, 5) is 26.0. The lowest BCUT2D eigenvalue weighted by Gasteiger charge is -2.35. The molecule has 0 N–H and O–H groups in total. The number of piperazine rings is 1. The monoisotopic (exact) mass is 423 g/mol.